The van der Waals surface area contributed by atoms with Gasteiger partial charge in [-0.25, -0.2) is 4.98 Å². The molecule has 0 spiro atoms. The number of aromatic nitrogens is 2. The zero-order chi connectivity index (χ0) is 14.0. The molecular weight excluding hydrogens is 244 g/mol. The molecule has 2 heterocycles. The van der Waals surface area contributed by atoms with Gasteiger partial charge in [0.25, 0.3) is 11.5 Å². The van der Waals surface area contributed by atoms with Gasteiger partial charge in [-0.15, -0.1) is 0 Å². The van der Waals surface area contributed by atoms with Crippen LogP contribution in [0.5, 0.6) is 0 Å². The standard InChI is InChI=1S/C13H14N4O2/c1-8-5-10(14)7-15-12(8)16-13(19)9-3-4-17(2)11(18)6-9/h3-7H,14H2,1-2H3,(H,15,16,19). The highest BCUT2D eigenvalue weighted by atomic mass is 16.2. The van der Waals surface area contributed by atoms with Gasteiger partial charge in [-0.05, 0) is 24.6 Å². The van der Waals surface area contributed by atoms with Crippen LogP contribution in [0.25, 0.3) is 0 Å². The first kappa shape index (κ1) is 12.8. The summed E-state index contributed by atoms with van der Waals surface area (Å²) in [5.74, 6) is 0.0537. The molecule has 0 aliphatic heterocycles. The Hall–Kier alpha value is -2.63. The number of nitrogen functional groups attached to an aromatic ring is 1. The van der Waals surface area contributed by atoms with Crippen LogP contribution in [0.15, 0.2) is 35.4 Å². The zero-order valence-corrected chi connectivity index (χ0v) is 10.7. The summed E-state index contributed by atoms with van der Waals surface area (Å²) in [7, 11) is 1.62. The van der Waals surface area contributed by atoms with Crippen LogP contribution in [0.4, 0.5) is 11.5 Å². The summed E-state index contributed by atoms with van der Waals surface area (Å²) in [4.78, 5) is 27.5. The number of nitrogens with one attached hydrogen (secondary N) is 1. The first-order chi connectivity index (χ1) is 8.97. The molecule has 0 aliphatic carbocycles. The minimum Gasteiger partial charge on any atom is -0.397 e. The van der Waals surface area contributed by atoms with Gasteiger partial charge in [0.05, 0.1) is 11.9 Å². The minimum absolute atomic E-state index is 0.241. The van der Waals surface area contributed by atoms with Crippen molar-refractivity contribution in [2.24, 2.45) is 7.05 Å². The van der Waals surface area contributed by atoms with Crippen molar-refractivity contribution in [2.75, 3.05) is 11.1 Å². The monoisotopic (exact) mass is 258 g/mol. The van der Waals surface area contributed by atoms with Gasteiger partial charge in [-0.2, -0.15) is 0 Å². The van der Waals surface area contributed by atoms with Crippen LogP contribution in [0.1, 0.15) is 15.9 Å². The lowest BCUT2D eigenvalue weighted by Crippen LogP contribution is -2.20. The maximum atomic E-state index is 12.0. The largest absolute Gasteiger partial charge is 0.397 e. The van der Waals surface area contributed by atoms with E-state index >= 15 is 0 Å². The number of carbonyl (C=O) groups excluding carboxylic acids is 1. The van der Waals surface area contributed by atoms with E-state index in [9.17, 15) is 9.59 Å². The Morgan fingerprint density at radius 2 is 2.16 bits per heavy atom. The molecule has 19 heavy (non-hydrogen) atoms. The molecule has 0 fully saturated rings. The second kappa shape index (κ2) is 4.93. The predicted molar refractivity (Wildman–Crippen MR) is 73.0 cm³/mol. The highest BCUT2D eigenvalue weighted by Crippen LogP contribution is 2.14. The third-order valence-electron chi connectivity index (χ3n) is 2.70. The topological polar surface area (TPSA) is 90.0 Å². The van der Waals surface area contributed by atoms with Crippen molar-refractivity contribution in [3.63, 3.8) is 0 Å². The molecule has 98 valence electrons. The van der Waals surface area contributed by atoms with Crippen LogP contribution in [0.3, 0.4) is 0 Å². The Bertz CT molecular complexity index is 691. The van der Waals surface area contributed by atoms with Crippen LogP contribution in [0.2, 0.25) is 0 Å². The molecule has 6 nitrogen and oxygen atoms in total. The maximum absolute atomic E-state index is 12.0. The van der Waals surface area contributed by atoms with Gasteiger partial charge in [-0.3, -0.25) is 9.59 Å². The molecular formula is C13H14N4O2. The molecule has 3 N–H and O–H groups in total. The summed E-state index contributed by atoms with van der Waals surface area (Å²) in [5, 5.41) is 2.65. The van der Waals surface area contributed by atoms with Gasteiger partial charge >= 0.3 is 0 Å². The molecule has 0 unspecified atom stereocenters. The van der Waals surface area contributed by atoms with Gasteiger partial charge < -0.3 is 15.6 Å². The van der Waals surface area contributed by atoms with E-state index in [0.29, 0.717) is 17.1 Å². The Labute approximate surface area is 109 Å². The van der Waals surface area contributed by atoms with Crippen molar-refractivity contribution >= 4 is 17.4 Å². The summed E-state index contributed by atoms with van der Waals surface area (Å²) in [6.45, 7) is 1.79. The summed E-state index contributed by atoms with van der Waals surface area (Å²) >= 11 is 0. The van der Waals surface area contributed by atoms with Crippen molar-refractivity contribution in [3.8, 4) is 0 Å². The van der Waals surface area contributed by atoms with Gasteiger partial charge in [0, 0.05) is 24.9 Å². The summed E-state index contributed by atoms with van der Waals surface area (Å²) < 4.78 is 1.39. The number of rotatable bonds is 2. The smallest absolute Gasteiger partial charge is 0.257 e. The van der Waals surface area contributed by atoms with E-state index in [2.05, 4.69) is 10.3 Å². The molecule has 1 amide bonds. The molecule has 0 bridgehead atoms. The number of hydrogen-bond donors (Lipinski definition) is 2. The van der Waals surface area contributed by atoms with Crippen LogP contribution >= 0.6 is 0 Å². The van der Waals surface area contributed by atoms with E-state index in [-0.39, 0.29) is 11.5 Å². The zero-order valence-electron chi connectivity index (χ0n) is 10.7. The van der Waals surface area contributed by atoms with E-state index in [0.717, 1.165) is 5.56 Å². The molecule has 2 aromatic rings. The molecule has 0 aromatic carbocycles. The fourth-order valence-corrected chi connectivity index (χ4v) is 1.60. The van der Waals surface area contributed by atoms with Crippen LogP contribution in [-0.4, -0.2) is 15.5 Å². The Kier molecular flexibility index (Phi) is 3.33. The van der Waals surface area contributed by atoms with Crippen molar-refractivity contribution in [1.82, 2.24) is 9.55 Å². The highest BCUT2D eigenvalue weighted by molar-refractivity contribution is 6.04. The van der Waals surface area contributed by atoms with Crippen molar-refractivity contribution in [1.29, 1.82) is 0 Å². The quantitative estimate of drug-likeness (QED) is 0.838. The average Bonchev–Trinajstić information content (AvgIpc) is 2.36. The Morgan fingerprint density at radius 3 is 2.79 bits per heavy atom. The summed E-state index contributed by atoms with van der Waals surface area (Å²) in [5.41, 5.74) is 6.93. The Balaban J connectivity index is 2.25. The number of nitrogens with zero attached hydrogens (tertiary/aromatic N) is 2. The average molecular weight is 258 g/mol. The minimum atomic E-state index is -0.377. The molecule has 0 radical (unpaired) electrons. The van der Waals surface area contributed by atoms with Crippen LogP contribution in [-0.2, 0) is 7.05 Å². The van der Waals surface area contributed by atoms with E-state index in [1.165, 1.54) is 16.8 Å². The lowest BCUT2D eigenvalue weighted by molar-refractivity contribution is 0.102. The number of nitrogens with two attached hydrogens (primary N) is 1. The summed E-state index contributed by atoms with van der Waals surface area (Å²) in [6.07, 6.45) is 3.01. The van der Waals surface area contributed by atoms with Crippen LogP contribution < -0.4 is 16.6 Å². The van der Waals surface area contributed by atoms with Crippen molar-refractivity contribution < 1.29 is 4.79 Å². The first-order valence-electron chi connectivity index (χ1n) is 5.67. The lowest BCUT2D eigenvalue weighted by atomic mass is 10.2. The summed E-state index contributed by atoms with van der Waals surface area (Å²) in [6, 6.07) is 4.57. The lowest BCUT2D eigenvalue weighted by Gasteiger charge is -2.08. The van der Waals surface area contributed by atoms with E-state index < -0.39 is 0 Å². The number of anilines is 2. The normalized spacial score (nSPS) is 10.2. The third-order valence-corrected chi connectivity index (χ3v) is 2.70. The van der Waals surface area contributed by atoms with E-state index in [4.69, 9.17) is 5.73 Å². The molecule has 0 saturated heterocycles. The maximum Gasteiger partial charge on any atom is 0.257 e. The van der Waals surface area contributed by atoms with E-state index in [1.807, 2.05) is 0 Å². The highest BCUT2D eigenvalue weighted by Gasteiger charge is 2.09. The fourth-order valence-electron chi connectivity index (χ4n) is 1.60. The van der Waals surface area contributed by atoms with Crippen LogP contribution in [0, 0.1) is 6.92 Å². The second-order valence-electron chi connectivity index (χ2n) is 4.25. The van der Waals surface area contributed by atoms with Crippen molar-refractivity contribution in [2.45, 2.75) is 6.92 Å². The van der Waals surface area contributed by atoms with E-state index in [1.54, 1.807) is 32.3 Å². The van der Waals surface area contributed by atoms with Gasteiger partial charge in [0.2, 0.25) is 0 Å². The second-order valence-corrected chi connectivity index (χ2v) is 4.25. The number of pyridine rings is 2. The molecule has 0 saturated carbocycles. The Morgan fingerprint density at radius 1 is 1.42 bits per heavy atom. The molecule has 0 aliphatic rings. The van der Waals surface area contributed by atoms with Gasteiger partial charge in [0.15, 0.2) is 0 Å². The number of carbonyl (C=O) groups is 1. The SMILES string of the molecule is Cc1cc(N)cnc1NC(=O)c1ccn(C)c(=O)c1. The molecule has 6 heteroatoms. The first-order valence-corrected chi connectivity index (χ1v) is 5.67. The molecule has 2 aromatic heterocycles. The molecule has 0 atom stereocenters. The van der Waals surface area contributed by atoms with Gasteiger partial charge in [-0.1, -0.05) is 0 Å². The number of aryl methyl sites for hydroxylation is 2. The predicted octanol–water partition coefficient (Wildman–Crippen LogP) is 0.923. The van der Waals surface area contributed by atoms with Crippen molar-refractivity contribution in [3.05, 3.63) is 52.1 Å². The molecule has 2 rings (SSSR count). The third kappa shape index (κ3) is 2.79. The number of hydrogen-bond acceptors (Lipinski definition) is 4. The fraction of sp³-hybridized carbons (Fsp3) is 0.154. The number of amides is 1. The van der Waals surface area contributed by atoms with Gasteiger partial charge in [0.1, 0.15) is 5.82 Å².